The van der Waals surface area contributed by atoms with Gasteiger partial charge in [0.15, 0.2) is 0 Å². The van der Waals surface area contributed by atoms with Gasteiger partial charge in [-0.3, -0.25) is 0 Å². The van der Waals surface area contributed by atoms with E-state index in [1.165, 1.54) is 4.88 Å². The molecule has 0 atom stereocenters. The molecule has 2 aromatic heterocycles. The first-order valence-electron chi connectivity index (χ1n) is 5.05. The first-order valence-corrected chi connectivity index (χ1v) is 6.73. The topological polar surface area (TPSA) is 37.8 Å². The third kappa shape index (κ3) is 3.02. The van der Waals surface area contributed by atoms with Crippen LogP contribution < -0.4 is 5.32 Å². The van der Waals surface area contributed by atoms with Crippen LogP contribution in [0.25, 0.3) is 0 Å². The molecule has 84 valence electrons. The van der Waals surface area contributed by atoms with Gasteiger partial charge in [-0.05, 0) is 28.4 Å². The first-order chi connectivity index (χ1) is 7.78. The highest BCUT2D eigenvalue weighted by atomic mass is 79.9. The second-order valence-electron chi connectivity index (χ2n) is 3.33. The second-order valence-corrected chi connectivity index (χ2v) is 5.24. The molecule has 2 heterocycles. The fraction of sp³-hybridized carbons (Fsp3) is 0.273. The van der Waals surface area contributed by atoms with E-state index in [1.807, 2.05) is 6.07 Å². The summed E-state index contributed by atoms with van der Waals surface area (Å²) in [5.41, 5.74) is 1.06. The van der Waals surface area contributed by atoms with Crippen molar-refractivity contribution in [2.24, 2.45) is 0 Å². The summed E-state index contributed by atoms with van der Waals surface area (Å²) >= 11 is 5.16. The lowest BCUT2D eigenvalue weighted by molar-refractivity contribution is 0.989. The maximum absolute atomic E-state index is 4.18. The van der Waals surface area contributed by atoms with Crippen LogP contribution in [0.2, 0.25) is 0 Å². The Morgan fingerprint density at radius 1 is 1.38 bits per heavy atom. The van der Waals surface area contributed by atoms with Gasteiger partial charge in [-0.1, -0.05) is 6.92 Å². The summed E-state index contributed by atoms with van der Waals surface area (Å²) in [5, 5.41) is 5.37. The lowest BCUT2D eigenvalue weighted by atomic mass is 10.3. The number of nitrogens with zero attached hydrogens (tertiary/aromatic N) is 2. The molecule has 0 fully saturated rings. The third-order valence-corrected chi connectivity index (χ3v) is 3.85. The predicted octanol–water partition coefficient (Wildman–Crippen LogP) is 3.48. The Labute approximate surface area is 107 Å². The zero-order valence-electron chi connectivity index (χ0n) is 8.90. The maximum atomic E-state index is 4.18. The van der Waals surface area contributed by atoms with E-state index in [0.29, 0.717) is 0 Å². The van der Waals surface area contributed by atoms with Crippen molar-refractivity contribution < 1.29 is 0 Å². The minimum Gasteiger partial charge on any atom is -0.365 e. The number of halogens is 1. The molecule has 0 bridgehead atoms. The van der Waals surface area contributed by atoms with Crippen LogP contribution in [0.5, 0.6) is 0 Å². The van der Waals surface area contributed by atoms with Crippen LogP contribution in [-0.4, -0.2) is 9.97 Å². The zero-order chi connectivity index (χ0) is 11.4. The monoisotopic (exact) mass is 297 g/mol. The highest BCUT2D eigenvalue weighted by Gasteiger charge is 1.99. The lowest BCUT2D eigenvalue weighted by Gasteiger charge is -2.04. The Morgan fingerprint density at radius 3 is 2.94 bits per heavy atom. The number of hydrogen-bond donors (Lipinski definition) is 1. The van der Waals surface area contributed by atoms with Gasteiger partial charge in [-0.2, -0.15) is 0 Å². The molecule has 0 aliphatic rings. The van der Waals surface area contributed by atoms with Crippen LogP contribution in [0.15, 0.2) is 28.3 Å². The summed E-state index contributed by atoms with van der Waals surface area (Å²) in [4.78, 5) is 9.62. The molecule has 0 spiro atoms. The SMILES string of the molecule is CCc1cc(NCc2cc(Br)cs2)ncn1. The van der Waals surface area contributed by atoms with E-state index >= 15 is 0 Å². The highest BCUT2D eigenvalue weighted by molar-refractivity contribution is 9.10. The van der Waals surface area contributed by atoms with Crippen LogP contribution in [-0.2, 0) is 13.0 Å². The molecule has 5 heteroatoms. The molecule has 0 unspecified atom stereocenters. The smallest absolute Gasteiger partial charge is 0.129 e. The van der Waals surface area contributed by atoms with Gasteiger partial charge in [-0.25, -0.2) is 9.97 Å². The molecule has 2 rings (SSSR count). The Bertz CT molecular complexity index is 470. The average Bonchev–Trinajstić information content (AvgIpc) is 2.73. The Balaban J connectivity index is 1.99. The second kappa shape index (κ2) is 5.41. The van der Waals surface area contributed by atoms with Crippen molar-refractivity contribution in [1.29, 1.82) is 0 Å². The fourth-order valence-electron chi connectivity index (χ4n) is 1.31. The number of nitrogens with one attached hydrogen (secondary N) is 1. The van der Waals surface area contributed by atoms with Gasteiger partial charge in [0.2, 0.25) is 0 Å². The molecule has 0 aliphatic carbocycles. The van der Waals surface area contributed by atoms with Crippen LogP contribution in [0, 0.1) is 0 Å². The van der Waals surface area contributed by atoms with Gasteiger partial charge in [0.1, 0.15) is 12.1 Å². The zero-order valence-corrected chi connectivity index (χ0v) is 11.3. The van der Waals surface area contributed by atoms with E-state index in [0.717, 1.165) is 29.0 Å². The van der Waals surface area contributed by atoms with E-state index in [-0.39, 0.29) is 0 Å². The lowest BCUT2D eigenvalue weighted by Crippen LogP contribution is -2.01. The Kier molecular flexibility index (Phi) is 3.90. The highest BCUT2D eigenvalue weighted by Crippen LogP contribution is 2.20. The largest absolute Gasteiger partial charge is 0.365 e. The summed E-state index contributed by atoms with van der Waals surface area (Å²) < 4.78 is 1.13. The number of aromatic nitrogens is 2. The third-order valence-electron chi connectivity index (χ3n) is 2.15. The van der Waals surface area contributed by atoms with Crippen molar-refractivity contribution >= 4 is 33.1 Å². The van der Waals surface area contributed by atoms with Crippen LogP contribution in [0.4, 0.5) is 5.82 Å². The van der Waals surface area contributed by atoms with E-state index in [1.54, 1.807) is 17.7 Å². The Morgan fingerprint density at radius 2 is 2.25 bits per heavy atom. The normalized spacial score (nSPS) is 10.4. The molecule has 1 N–H and O–H groups in total. The summed E-state index contributed by atoms with van der Waals surface area (Å²) in [6, 6.07) is 4.10. The van der Waals surface area contributed by atoms with Crippen molar-refractivity contribution in [3.05, 3.63) is 38.9 Å². The first kappa shape index (κ1) is 11.5. The van der Waals surface area contributed by atoms with Gasteiger partial charge in [0.05, 0.1) is 6.54 Å². The van der Waals surface area contributed by atoms with E-state index in [2.05, 4.69) is 49.6 Å². The summed E-state index contributed by atoms with van der Waals surface area (Å²) in [5.74, 6) is 0.886. The molecule has 16 heavy (non-hydrogen) atoms. The van der Waals surface area contributed by atoms with Crippen LogP contribution >= 0.6 is 27.3 Å². The van der Waals surface area contributed by atoms with Gasteiger partial charge < -0.3 is 5.32 Å². The molecule has 0 amide bonds. The number of anilines is 1. The predicted molar refractivity (Wildman–Crippen MR) is 70.8 cm³/mol. The van der Waals surface area contributed by atoms with Crippen LogP contribution in [0.3, 0.4) is 0 Å². The van der Waals surface area contributed by atoms with Gasteiger partial charge in [0.25, 0.3) is 0 Å². The maximum Gasteiger partial charge on any atom is 0.129 e. The van der Waals surface area contributed by atoms with Crippen molar-refractivity contribution in [1.82, 2.24) is 9.97 Å². The van der Waals surface area contributed by atoms with Gasteiger partial charge in [0, 0.05) is 26.5 Å². The minimum absolute atomic E-state index is 0.802. The number of aryl methyl sites for hydroxylation is 1. The molecule has 0 aliphatic heterocycles. The number of hydrogen-bond acceptors (Lipinski definition) is 4. The summed E-state index contributed by atoms with van der Waals surface area (Å²) in [6.07, 6.45) is 2.53. The molecule has 2 aromatic rings. The van der Waals surface area contributed by atoms with Crippen molar-refractivity contribution in [3.63, 3.8) is 0 Å². The fourth-order valence-corrected chi connectivity index (χ4v) is 2.70. The summed E-state index contributed by atoms with van der Waals surface area (Å²) in [6.45, 7) is 2.89. The van der Waals surface area contributed by atoms with E-state index < -0.39 is 0 Å². The molecule has 3 nitrogen and oxygen atoms in total. The van der Waals surface area contributed by atoms with Crippen molar-refractivity contribution in [3.8, 4) is 0 Å². The van der Waals surface area contributed by atoms with Gasteiger partial charge >= 0.3 is 0 Å². The van der Waals surface area contributed by atoms with Crippen LogP contribution in [0.1, 0.15) is 17.5 Å². The Hall–Kier alpha value is -0.940. The quantitative estimate of drug-likeness (QED) is 0.939. The standard InChI is InChI=1S/C11H12BrN3S/c1-2-9-4-11(15-7-14-9)13-5-10-3-8(12)6-16-10/h3-4,6-7H,2,5H2,1H3,(H,13,14,15). The molecule has 0 aromatic carbocycles. The van der Waals surface area contributed by atoms with E-state index in [4.69, 9.17) is 0 Å². The number of thiophene rings is 1. The minimum atomic E-state index is 0.802. The average molecular weight is 298 g/mol. The van der Waals surface area contributed by atoms with E-state index in [9.17, 15) is 0 Å². The molecular weight excluding hydrogens is 286 g/mol. The van der Waals surface area contributed by atoms with Gasteiger partial charge in [-0.15, -0.1) is 11.3 Å². The van der Waals surface area contributed by atoms with Crippen molar-refractivity contribution in [2.75, 3.05) is 5.32 Å². The summed E-state index contributed by atoms with van der Waals surface area (Å²) in [7, 11) is 0. The molecule has 0 saturated heterocycles. The molecule has 0 radical (unpaired) electrons. The molecular formula is C11H12BrN3S. The van der Waals surface area contributed by atoms with Crippen molar-refractivity contribution in [2.45, 2.75) is 19.9 Å². The number of rotatable bonds is 4. The molecule has 0 saturated carbocycles.